The number of hydrogen-bond donors (Lipinski definition) is 0. The Labute approximate surface area is 109 Å². The van der Waals surface area contributed by atoms with Gasteiger partial charge in [-0.2, -0.15) is 0 Å². The molecule has 1 saturated heterocycles. The molecule has 1 aliphatic heterocycles. The third-order valence-electron chi connectivity index (χ3n) is 4.34. The van der Waals surface area contributed by atoms with Gasteiger partial charge in [-0.15, -0.1) is 5.10 Å². The molecular weight excluding hydrogens is 226 g/mol. The van der Waals surface area contributed by atoms with Gasteiger partial charge in [0.05, 0.1) is 12.6 Å². The summed E-state index contributed by atoms with van der Waals surface area (Å²) >= 11 is 0. The molecule has 2 aliphatic rings. The average Bonchev–Trinajstić information content (AvgIpc) is 2.98. The van der Waals surface area contributed by atoms with Crippen LogP contribution in [0.4, 0.5) is 0 Å². The molecule has 5 nitrogen and oxygen atoms in total. The molecule has 1 atom stereocenters. The minimum Gasteiger partial charge on any atom is -0.296 e. The first kappa shape index (κ1) is 12.1. The predicted molar refractivity (Wildman–Crippen MR) is 69.0 cm³/mol. The molecule has 2 fully saturated rings. The average molecular weight is 249 g/mol. The third kappa shape index (κ3) is 2.55. The molecule has 100 valence electrons. The highest BCUT2D eigenvalue weighted by Crippen LogP contribution is 2.29. The summed E-state index contributed by atoms with van der Waals surface area (Å²) in [5.74, 6) is 1.88. The maximum Gasteiger partial charge on any atom is 0.165 e. The fourth-order valence-corrected chi connectivity index (χ4v) is 3.38. The summed E-state index contributed by atoms with van der Waals surface area (Å²) in [4.78, 5) is 2.51. The van der Waals surface area contributed by atoms with Gasteiger partial charge in [0.25, 0.3) is 0 Å². The number of piperidine rings is 1. The van der Waals surface area contributed by atoms with Gasteiger partial charge < -0.3 is 0 Å². The number of tetrazole rings is 1. The summed E-state index contributed by atoms with van der Waals surface area (Å²) in [6, 6.07) is 0.553. The number of aromatic nitrogens is 4. The quantitative estimate of drug-likeness (QED) is 0.822. The van der Waals surface area contributed by atoms with E-state index in [4.69, 9.17) is 0 Å². The van der Waals surface area contributed by atoms with Crippen LogP contribution in [0.3, 0.4) is 0 Å². The molecule has 2 heterocycles. The van der Waals surface area contributed by atoms with Gasteiger partial charge in [0.1, 0.15) is 0 Å². The summed E-state index contributed by atoms with van der Waals surface area (Å²) in [5, 5.41) is 12.3. The van der Waals surface area contributed by atoms with Crippen molar-refractivity contribution in [2.75, 3.05) is 13.1 Å². The maximum absolute atomic E-state index is 4.24. The molecule has 1 saturated carbocycles. The summed E-state index contributed by atoms with van der Waals surface area (Å²) in [7, 11) is 0. The lowest BCUT2D eigenvalue weighted by molar-refractivity contribution is 0.168. The van der Waals surface area contributed by atoms with Crippen molar-refractivity contribution in [2.45, 2.75) is 58.0 Å². The van der Waals surface area contributed by atoms with E-state index in [1.807, 2.05) is 0 Å². The van der Waals surface area contributed by atoms with Crippen molar-refractivity contribution >= 4 is 0 Å². The zero-order valence-corrected chi connectivity index (χ0v) is 11.3. The zero-order chi connectivity index (χ0) is 12.4. The van der Waals surface area contributed by atoms with E-state index in [1.54, 1.807) is 0 Å². The highest BCUT2D eigenvalue weighted by molar-refractivity contribution is 4.87. The van der Waals surface area contributed by atoms with E-state index >= 15 is 0 Å². The zero-order valence-electron chi connectivity index (χ0n) is 11.3. The molecule has 1 aliphatic carbocycles. The molecule has 0 unspecified atom stereocenters. The Kier molecular flexibility index (Phi) is 3.59. The molecule has 0 N–H and O–H groups in total. The Bertz CT molecular complexity index is 382. The number of nitrogens with zero attached hydrogens (tertiary/aromatic N) is 5. The largest absolute Gasteiger partial charge is 0.296 e. The summed E-state index contributed by atoms with van der Waals surface area (Å²) in [6.07, 6.45) is 7.81. The number of hydrogen-bond acceptors (Lipinski definition) is 4. The van der Waals surface area contributed by atoms with Gasteiger partial charge in [-0.3, -0.25) is 4.90 Å². The second-order valence-electron chi connectivity index (χ2n) is 5.96. The van der Waals surface area contributed by atoms with Gasteiger partial charge in [0, 0.05) is 6.54 Å². The van der Waals surface area contributed by atoms with Gasteiger partial charge in [0.15, 0.2) is 5.82 Å². The van der Waals surface area contributed by atoms with E-state index in [-0.39, 0.29) is 0 Å². The summed E-state index contributed by atoms with van der Waals surface area (Å²) in [5.41, 5.74) is 0. The van der Waals surface area contributed by atoms with Crippen LogP contribution in [0.2, 0.25) is 0 Å². The lowest BCUT2D eigenvalue weighted by Gasteiger charge is -2.30. The third-order valence-corrected chi connectivity index (χ3v) is 4.34. The van der Waals surface area contributed by atoms with Crippen molar-refractivity contribution in [3.05, 3.63) is 5.82 Å². The Morgan fingerprint density at radius 3 is 2.78 bits per heavy atom. The van der Waals surface area contributed by atoms with Crippen molar-refractivity contribution in [1.82, 2.24) is 25.1 Å². The SMILES string of the molecule is C[C@H]1CCCN(Cc2nnnn2C2CCCC2)C1. The summed E-state index contributed by atoms with van der Waals surface area (Å²) in [6.45, 7) is 5.65. The van der Waals surface area contributed by atoms with Crippen LogP contribution >= 0.6 is 0 Å². The van der Waals surface area contributed by atoms with Crippen molar-refractivity contribution in [1.29, 1.82) is 0 Å². The molecular formula is C13H23N5. The standard InChI is InChI=1S/C13H23N5/c1-11-5-4-8-17(9-11)10-13-14-15-16-18(13)12-6-2-3-7-12/h11-12H,2-10H2,1H3/t11-/m0/s1. The molecule has 1 aromatic heterocycles. The van der Waals surface area contributed by atoms with E-state index in [1.165, 1.54) is 51.6 Å². The van der Waals surface area contributed by atoms with Crippen LogP contribution in [0.5, 0.6) is 0 Å². The van der Waals surface area contributed by atoms with Crippen LogP contribution in [-0.4, -0.2) is 38.2 Å². The lowest BCUT2D eigenvalue weighted by atomic mass is 10.0. The van der Waals surface area contributed by atoms with E-state index < -0.39 is 0 Å². The van der Waals surface area contributed by atoms with E-state index in [0.29, 0.717) is 6.04 Å². The first-order chi connectivity index (χ1) is 8.83. The highest BCUT2D eigenvalue weighted by Gasteiger charge is 2.24. The molecule has 0 radical (unpaired) electrons. The Balaban J connectivity index is 1.66. The molecule has 1 aromatic rings. The van der Waals surface area contributed by atoms with Crippen LogP contribution in [0.25, 0.3) is 0 Å². The molecule has 0 amide bonds. The molecule has 3 rings (SSSR count). The Morgan fingerprint density at radius 2 is 2.00 bits per heavy atom. The van der Waals surface area contributed by atoms with Gasteiger partial charge in [-0.1, -0.05) is 19.8 Å². The predicted octanol–water partition coefficient (Wildman–Crippen LogP) is 2.02. The van der Waals surface area contributed by atoms with Crippen LogP contribution in [-0.2, 0) is 6.54 Å². The molecule has 0 spiro atoms. The fraction of sp³-hybridized carbons (Fsp3) is 0.923. The van der Waals surface area contributed by atoms with Gasteiger partial charge in [-0.05, 0) is 48.6 Å². The van der Waals surface area contributed by atoms with Crippen molar-refractivity contribution in [3.63, 3.8) is 0 Å². The Morgan fingerprint density at radius 1 is 1.17 bits per heavy atom. The van der Waals surface area contributed by atoms with Crippen LogP contribution in [0.1, 0.15) is 57.3 Å². The van der Waals surface area contributed by atoms with Gasteiger partial charge in [0.2, 0.25) is 0 Å². The number of rotatable bonds is 3. The first-order valence-electron chi connectivity index (χ1n) is 7.32. The number of likely N-dealkylation sites (tertiary alicyclic amines) is 1. The monoisotopic (exact) mass is 249 g/mol. The molecule has 0 bridgehead atoms. The van der Waals surface area contributed by atoms with Crippen molar-refractivity contribution in [2.24, 2.45) is 5.92 Å². The lowest BCUT2D eigenvalue weighted by Crippen LogP contribution is -2.34. The Hall–Kier alpha value is -0.970. The topological polar surface area (TPSA) is 46.8 Å². The van der Waals surface area contributed by atoms with Crippen LogP contribution in [0, 0.1) is 5.92 Å². The van der Waals surface area contributed by atoms with Crippen molar-refractivity contribution < 1.29 is 0 Å². The molecule has 5 heteroatoms. The highest BCUT2D eigenvalue weighted by atomic mass is 15.6. The molecule has 0 aromatic carbocycles. The smallest absolute Gasteiger partial charge is 0.165 e. The van der Waals surface area contributed by atoms with Crippen LogP contribution in [0.15, 0.2) is 0 Å². The van der Waals surface area contributed by atoms with Gasteiger partial charge in [-0.25, -0.2) is 4.68 Å². The summed E-state index contributed by atoms with van der Waals surface area (Å²) < 4.78 is 2.09. The minimum absolute atomic E-state index is 0.553. The van der Waals surface area contributed by atoms with Gasteiger partial charge >= 0.3 is 0 Å². The van der Waals surface area contributed by atoms with E-state index in [0.717, 1.165) is 18.3 Å². The second-order valence-corrected chi connectivity index (χ2v) is 5.96. The van der Waals surface area contributed by atoms with Crippen LogP contribution < -0.4 is 0 Å². The fourth-order valence-electron chi connectivity index (χ4n) is 3.38. The van der Waals surface area contributed by atoms with E-state index in [2.05, 4.69) is 32.0 Å². The van der Waals surface area contributed by atoms with E-state index in [9.17, 15) is 0 Å². The normalized spacial score (nSPS) is 26.8. The second kappa shape index (κ2) is 5.34. The maximum atomic E-state index is 4.24. The molecule has 18 heavy (non-hydrogen) atoms. The minimum atomic E-state index is 0.553. The first-order valence-corrected chi connectivity index (χ1v) is 7.32. The van der Waals surface area contributed by atoms with Crippen molar-refractivity contribution in [3.8, 4) is 0 Å².